The highest BCUT2D eigenvalue weighted by Gasteiger charge is 2.19. The second kappa shape index (κ2) is 9.20. The molecule has 0 aliphatic carbocycles. The van der Waals surface area contributed by atoms with Crippen LogP contribution in [0, 0.1) is 18.3 Å². The van der Waals surface area contributed by atoms with Gasteiger partial charge in [0, 0.05) is 17.8 Å². The zero-order valence-corrected chi connectivity index (χ0v) is 16.7. The summed E-state index contributed by atoms with van der Waals surface area (Å²) in [6, 6.07) is 19.3. The summed E-state index contributed by atoms with van der Waals surface area (Å²) in [4.78, 5) is 14.2. The lowest BCUT2D eigenvalue weighted by Crippen LogP contribution is -2.32. The lowest BCUT2D eigenvalue weighted by Gasteiger charge is -2.19. The van der Waals surface area contributed by atoms with Crippen LogP contribution in [0.15, 0.2) is 59.8 Å². The topological polar surface area (TPSA) is 74.8 Å². The smallest absolute Gasteiger partial charge is 0.238 e. The van der Waals surface area contributed by atoms with Crippen LogP contribution in [0.2, 0.25) is 0 Å². The Balaban J connectivity index is 1.78. The minimum Gasteiger partial charge on any atom is -0.302 e. The number of hydrogen-bond acceptors (Lipinski definition) is 5. The van der Waals surface area contributed by atoms with Crippen molar-refractivity contribution in [2.75, 3.05) is 17.2 Å². The van der Waals surface area contributed by atoms with Crippen LogP contribution < -0.4 is 4.90 Å². The zero-order chi connectivity index (χ0) is 19.9. The molecule has 2 aromatic carbocycles. The molecule has 7 heteroatoms. The maximum atomic E-state index is 12.7. The minimum atomic E-state index is -0.138. The second-order valence-electron chi connectivity index (χ2n) is 6.13. The molecule has 0 spiro atoms. The molecule has 0 fully saturated rings. The number of carbonyl (C=O) groups excluding carboxylic acids is 1. The van der Waals surface area contributed by atoms with Crippen LogP contribution in [0.3, 0.4) is 0 Å². The van der Waals surface area contributed by atoms with Crippen molar-refractivity contribution < 1.29 is 4.79 Å². The summed E-state index contributed by atoms with van der Waals surface area (Å²) in [5.41, 5.74) is 2.87. The predicted octanol–water partition coefficient (Wildman–Crippen LogP) is 3.92. The van der Waals surface area contributed by atoms with Gasteiger partial charge >= 0.3 is 0 Å². The van der Waals surface area contributed by atoms with Gasteiger partial charge in [-0.1, -0.05) is 54.2 Å². The number of anilines is 1. The molecular weight excluding hydrogens is 370 g/mol. The number of nitriles is 1. The quantitative estimate of drug-likeness (QED) is 0.451. The first kappa shape index (κ1) is 19.6. The fourth-order valence-electron chi connectivity index (χ4n) is 2.91. The first-order valence-corrected chi connectivity index (χ1v) is 9.98. The normalized spacial score (nSPS) is 10.5. The molecule has 142 valence electrons. The average molecular weight is 392 g/mol. The molecule has 1 heterocycles. The van der Waals surface area contributed by atoms with Crippen molar-refractivity contribution in [2.24, 2.45) is 0 Å². The van der Waals surface area contributed by atoms with E-state index in [1.54, 1.807) is 0 Å². The third-order valence-electron chi connectivity index (χ3n) is 4.34. The zero-order valence-electron chi connectivity index (χ0n) is 15.9. The molecule has 0 N–H and O–H groups in total. The summed E-state index contributed by atoms with van der Waals surface area (Å²) >= 11 is 1.34. The number of thioether (sulfide) groups is 1. The molecule has 0 aliphatic heterocycles. The third-order valence-corrected chi connectivity index (χ3v) is 5.29. The number of carbonyl (C=O) groups is 1. The molecular formula is C21H21N5OS. The van der Waals surface area contributed by atoms with Gasteiger partial charge in [-0.3, -0.25) is 9.69 Å². The van der Waals surface area contributed by atoms with Gasteiger partial charge in [0.05, 0.1) is 11.8 Å². The fraction of sp³-hybridized carbons (Fsp3) is 0.238. The van der Waals surface area contributed by atoms with Crippen molar-refractivity contribution in [3.8, 4) is 17.5 Å². The van der Waals surface area contributed by atoms with Crippen LogP contribution in [0.25, 0.3) is 11.4 Å². The van der Waals surface area contributed by atoms with Crippen molar-refractivity contribution >= 4 is 23.4 Å². The Morgan fingerprint density at radius 2 is 1.86 bits per heavy atom. The van der Waals surface area contributed by atoms with E-state index in [1.807, 2.05) is 73.0 Å². The first-order valence-electron chi connectivity index (χ1n) is 9.00. The van der Waals surface area contributed by atoms with Gasteiger partial charge in [-0.2, -0.15) is 5.26 Å². The number of amides is 1. The molecule has 0 atom stereocenters. The molecule has 1 aromatic heterocycles. The van der Waals surface area contributed by atoms with E-state index in [1.165, 1.54) is 16.7 Å². The SMILES string of the molecule is CCn1c(SCC(=O)N(CC#N)c2ccccc2)nnc1-c1ccccc1C. The van der Waals surface area contributed by atoms with Gasteiger partial charge in [0.15, 0.2) is 11.0 Å². The van der Waals surface area contributed by atoms with Crippen LogP contribution in [0.5, 0.6) is 0 Å². The van der Waals surface area contributed by atoms with Crippen LogP contribution in [-0.2, 0) is 11.3 Å². The van der Waals surface area contributed by atoms with Crippen molar-refractivity contribution in [1.82, 2.24) is 14.8 Å². The van der Waals surface area contributed by atoms with E-state index in [0.717, 1.165) is 17.0 Å². The largest absolute Gasteiger partial charge is 0.302 e. The number of aromatic nitrogens is 3. The third kappa shape index (κ3) is 4.24. The molecule has 0 aliphatic rings. The first-order chi connectivity index (χ1) is 13.7. The van der Waals surface area contributed by atoms with Gasteiger partial charge in [-0.15, -0.1) is 10.2 Å². The molecule has 0 saturated heterocycles. The van der Waals surface area contributed by atoms with Crippen molar-refractivity contribution in [3.05, 3.63) is 60.2 Å². The van der Waals surface area contributed by atoms with E-state index in [9.17, 15) is 4.79 Å². The Kier molecular flexibility index (Phi) is 6.45. The maximum absolute atomic E-state index is 12.7. The van der Waals surface area contributed by atoms with Gasteiger partial charge < -0.3 is 4.57 Å². The summed E-state index contributed by atoms with van der Waals surface area (Å²) in [5.74, 6) is 0.844. The second-order valence-corrected chi connectivity index (χ2v) is 7.07. The Hall–Kier alpha value is -3.11. The Labute approximate surface area is 168 Å². The van der Waals surface area contributed by atoms with Crippen molar-refractivity contribution in [1.29, 1.82) is 5.26 Å². The molecule has 3 aromatic rings. The number of nitrogens with zero attached hydrogens (tertiary/aromatic N) is 5. The van der Waals surface area contributed by atoms with Crippen molar-refractivity contribution in [3.63, 3.8) is 0 Å². The summed E-state index contributed by atoms with van der Waals surface area (Å²) < 4.78 is 2.01. The molecule has 1 amide bonds. The molecule has 0 saturated carbocycles. The number of aryl methyl sites for hydroxylation is 1. The van der Waals surface area contributed by atoms with Gasteiger partial charge in [-0.25, -0.2) is 0 Å². The van der Waals surface area contributed by atoms with E-state index in [-0.39, 0.29) is 18.2 Å². The average Bonchev–Trinajstić information content (AvgIpc) is 3.14. The lowest BCUT2D eigenvalue weighted by atomic mass is 10.1. The van der Waals surface area contributed by atoms with Gasteiger partial charge in [0.25, 0.3) is 0 Å². The highest BCUT2D eigenvalue weighted by Crippen LogP contribution is 2.26. The standard InChI is InChI=1S/C21H21N5OS/c1-3-25-20(18-12-8-7-9-16(18)2)23-24-21(25)28-15-19(27)26(14-13-22)17-10-5-4-6-11-17/h4-12H,3,14-15H2,1-2H3. The van der Waals surface area contributed by atoms with Gasteiger partial charge in [0.1, 0.15) is 6.54 Å². The van der Waals surface area contributed by atoms with E-state index < -0.39 is 0 Å². The summed E-state index contributed by atoms with van der Waals surface area (Å²) in [6.07, 6.45) is 0. The van der Waals surface area contributed by atoms with E-state index >= 15 is 0 Å². The number of para-hydroxylation sites is 1. The summed E-state index contributed by atoms with van der Waals surface area (Å²) in [7, 11) is 0. The Bertz CT molecular complexity index is 994. The number of rotatable bonds is 7. The molecule has 28 heavy (non-hydrogen) atoms. The highest BCUT2D eigenvalue weighted by atomic mass is 32.2. The highest BCUT2D eigenvalue weighted by molar-refractivity contribution is 7.99. The Morgan fingerprint density at radius 1 is 1.14 bits per heavy atom. The van der Waals surface area contributed by atoms with Crippen LogP contribution in [-0.4, -0.2) is 33.0 Å². The maximum Gasteiger partial charge on any atom is 0.238 e. The summed E-state index contributed by atoms with van der Waals surface area (Å²) in [5, 5.41) is 18.4. The fourth-order valence-corrected chi connectivity index (χ4v) is 3.79. The van der Waals surface area contributed by atoms with Crippen LogP contribution >= 0.6 is 11.8 Å². The molecule has 6 nitrogen and oxygen atoms in total. The van der Waals surface area contributed by atoms with E-state index in [2.05, 4.69) is 16.3 Å². The van der Waals surface area contributed by atoms with Crippen LogP contribution in [0.4, 0.5) is 5.69 Å². The van der Waals surface area contributed by atoms with E-state index in [4.69, 9.17) is 5.26 Å². The monoisotopic (exact) mass is 391 g/mol. The van der Waals surface area contributed by atoms with Gasteiger partial charge in [0.2, 0.25) is 5.91 Å². The summed E-state index contributed by atoms with van der Waals surface area (Å²) in [6.45, 7) is 4.79. The predicted molar refractivity (Wildman–Crippen MR) is 111 cm³/mol. The molecule has 0 bridgehead atoms. The minimum absolute atomic E-state index is 0.0122. The molecule has 0 radical (unpaired) electrons. The number of hydrogen-bond donors (Lipinski definition) is 0. The Morgan fingerprint density at radius 3 is 2.54 bits per heavy atom. The van der Waals surface area contributed by atoms with Crippen LogP contribution in [0.1, 0.15) is 12.5 Å². The van der Waals surface area contributed by atoms with E-state index in [0.29, 0.717) is 17.4 Å². The number of benzene rings is 2. The molecule has 3 rings (SSSR count). The van der Waals surface area contributed by atoms with Gasteiger partial charge in [-0.05, 0) is 31.5 Å². The lowest BCUT2D eigenvalue weighted by molar-refractivity contribution is -0.116. The van der Waals surface area contributed by atoms with Crippen molar-refractivity contribution in [2.45, 2.75) is 25.5 Å². The molecule has 0 unspecified atom stereocenters.